The summed E-state index contributed by atoms with van der Waals surface area (Å²) >= 11 is 0. The first-order valence-corrected chi connectivity index (χ1v) is 14.1. The second-order valence-corrected chi connectivity index (χ2v) is 10.5. The number of aliphatic carboxylic acids is 1. The lowest BCUT2D eigenvalue weighted by atomic mass is 9.96. The Morgan fingerprint density at radius 2 is 1.40 bits per heavy atom. The summed E-state index contributed by atoms with van der Waals surface area (Å²) in [6.45, 7) is 3.61. The number of benzene rings is 4. The summed E-state index contributed by atoms with van der Waals surface area (Å²) in [5.74, 6) is 0.268. The van der Waals surface area contributed by atoms with Gasteiger partial charge >= 0.3 is 12.3 Å². The quantitative estimate of drug-likeness (QED) is 0.151. The van der Waals surface area contributed by atoms with Gasteiger partial charge < -0.3 is 23.7 Å². The number of ether oxygens (including phenoxy) is 3. The average Bonchev–Trinajstić information content (AvgIpc) is 3.39. The molecule has 4 aromatic carbocycles. The average molecular weight is 618 g/mol. The van der Waals surface area contributed by atoms with Crippen molar-refractivity contribution in [1.29, 1.82) is 0 Å². The molecule has 0 radical (unpaired) electrons. The summed E-state index contributed by atoms with van der Waals surface area (Å²) in [4.78, 5) is 16.8. The number of carbonyl (C=O) groups is 1. The van der Waals surface area contributed by atoms with Gasteiger partial charge in [0.2, 0.25) is 11.5 Å². The molecule has 1 unspecified atom stereocenters. The molecule has 45 heavy (non-hydrogen) atoms. The van der Waals surface area contributed by atoms with E-state index in [4.69, 9.17) is 18.9 Å². The van der Waals surface area contributed by atoms with Crippen LogP contribution in [-0.4, -0.2) is 34.6 Å². The maximum absolute atomic E-state index is 12.4. The predicted molar refractivity (Wildman–Crippen MR) is 161 cm³/mol. The fraction of sp³-hybridized carbons (Fsp3) is 0.200. The summed E-state index contributed by atoms with van der Waals surface area (Å²) in [5, 5.41) is 9.87. The number of oxazole rings is 1. The zero-order valence-electron chi connectivity index (χ0n) is 24.5. The summed E-state index contributed by atoms with van der Waals surface area (Å²) < 4.78 is 58.7. The van der Waals surface area contributed by atoms with Crippen LogP contribution in [0.25, 0.3) is 22.6 Å². The summed E-state index contributed by atoms with van der Waals surface area (Å²) in [6, 6.07) is 29.6. The second-order valence-electron chi connectivity index (χ2n) is 10.5. The van der Waals surface area contributed by atoms with Crippen molar-refractivity contribution in [2.75, 3.05) is 6.61 Å². The van der Waals surface area contributed by atoms with Crippen LogP contribution in [0.1, 0.15) is 23.9 Å². The number of hydrogen-bond acceptors (Lipinski definition) is 6. The zero-order valence-corrected chi connectivity index (χ0v) is 24.5. The molecule has 0 aliphatic heterocycles. The van der Waals surface area contributed by atoms with E-state index in [0.29, 0.717) is 36.0 Å². The minimum absolute atomic E-state index is 0.00417. The van der Waals surface area contributed by atoms with Gasteiger partial charge in [-0.1, -0.05) is 54.6 Å². The largest absolute Gasteiger partial charge is 0.573 e. The molecule has 0 saturated heterocycles. The third-order valence-electron chi connectivity index (χ3n) is 7.03. The molecule has 1 heterocycles. The zero-order chi connectivity index (χ0) is 32.0. The number of carboxylic acids is 1. The molecule has 0 spiro atoms. The molecule has 1 atom stereocenters. The van der Waals surface area contributed by atoms with Crippen molar-refractivity contribution in [3.8, 4) is 39.8 Å². The van der Waals surface area contributed by atoms with Crippen LogP contribution in [0, 0.1) is 6.92 Å². The number of aromatic nitrogens is 1. The van der Waals surface area contributed by atoms with Crippen LogP contribution in [0.5, 0.6) is 17.2 Å². The monoisotopic (exact) mass is 617 g/mol. The van der Waals surface area contributed by atoms with Gasteiger partial charge in [-0.3, -0.25) is 0 Å². The fourth-order valence-electron chi connectivity index (χ4n) is 4.73. The van der Waals surface area contributed by atoms with Crippen molar-refractivity contribution in [2.24, 2.45) is 0 Å². The smallest absolute Gasteiger partial charge is 0.493 e. The molecule has 0 aliphatic carbocycles. The molecular formula is C35H30F3NO6. The maximum Gasteiger partial charge on any atom is 0.573 e. The van der Waals surface area contributed by atoms with Gasteiger partial charge in [-0.15, -0.1) is 13.2 Å². The van der Waals surface area contributed by atoms with Gasteiger partial charge in [0.15, 0.2) is 0 Å². The highest BCUT2D eigenvalue weighted by Gasteiger charge is 2.36. The molecule has 1 N–H and O–H groups in total. The molecule has 5 rings (SSSR count). The molecule has 0 saturated carbocycles. The third-order valence-corrected chi connectivity index (χ3v) is 7.03. The van der Waals surface area contributed by atoms with E-state index in [2.05, 4.69) is 16.9 Å². The fourth-order valence-corrected chi connectivity index (χ4v) is 4.73. The number of alkyl halides is 3. The molecule has 0 fully saturated rings. The Bertz CT molecular complexity index is 1730. The maximum atomic E-state index is 12.4. The van der Waals surface area contributed by atoms with Crippen LogP contribution in [0.15, 0.2) is 108 Å². The number of aryl methyl sites for hydroxylation is 1. The van der Waals surface area contributed by atoms with Crippen LogP contribution in [-0.2, 0) is 17.6 Å². The van der Waals surface area contributed by atoms with Crippen molar-refractivity contribution in [2.45, 2.75) is 38.7 Å². The van der Waals surface area contributed by atoms with Gasteiger partial charge in [-0.25, -0.2) is 9.78 Å². The van der Waals surface area contributed by atoms with Crippen molar-refractivity contribution in [3.63, 3.8) is 0 Å². The molecule has 5 aromatic rings. The van der Waals surface area contributed by atoms with Crippen molar-refractivity contribution in [1.82, 2.24) is 4.98 Å². The highest BCUT2D eigenvalue weighted by atomic mass is 19.4. The van der Waals surface area contributed by atoms with Crippen molar-refractivity contribution < 1.29 is 41.7 Å². The van der Waals surface area contributed by atoms with Crippen LogP contribution >= 0.6 is 0 Å². The Labute approximate surface area is 257 Å². The molecule has 0 bridgehead atoms. The minimum atomic E-state index is -4.83. The Hall–Kier alpha value is -5.25. The molecule has 10 heteroatoms. The van der Waals surface area contributed by atoms with Gasteiger partial charge in [0.25, 0.3) is 0 Å². The Kier molecular flexibility index (Phi) is 9.13. The highest BCUT2D eigenvalue weighted by Crippen LogP contribution is 2.30. The standard InChI is InChI=1S/C35H30F3NO6/c1-23-31(39-32(43-23)27-10-6-9-26(21-27)25-7-4-3-5-8-25)19-20-42-28-13-11-24(12-14-28)22-34(2,33(40)41)44-29-15-17-30(18-16-29)45-35(36,37)38/h3-18,21H,19-20,22H2,1-2H3,(H,40,41). The van der Waals surface area contributed by atoms with E-state index in [9.17, 15) is 23.1 Å². The second kappa shape index (κ2) is 13.2. The summed E-state index contributed by atoms with van der Waals surface area (Å²) in [7, 11) is 0. The van der Waals surface area contributed by atoms with Gasteiger partial charge in [-0.2, -0.15) is 0 Å². The normalized spacial score (nSPS) is 12.7. The minimum Gasteiger partial charge on any atom is -0.493 e. The van der Waals surface area contributed by atoms with Crippen LogP contribution in [0.4, 0.5) is 13.2 Å². The van der Waals surface area contributed by atoms with Crippen molar-refractivity contribution >= 4 is 5.97 Å². The molecule has 232 valence electrons. The van der Waals surface area contributed by atoms with E-state index in [1.54, 1.807) is 24.3 Å². The predicted octanol–water partition coefficient (Wildman–Crippen LogP) is 8.30. The number of hydrogen-bond donors (Lipinski definition) is 1. The topological polar surface area (TPSA) is 91.0 Å². The van der Waals surface area contributed by atoms with Gasteiger partial charge in [-0.05, 0) is 79.1 Å². The number of rotatable bonds is 12. The van der Waals surface area contributed by atoms with Crippen LogP contribution in [0.2, 0.25) is 0 Å². The van der Waals surface area contributed by atoms with Gasteiger partial charge in [0.05, 0.1) is 12.3 Å². The first-order chi connectivity index (χ1) is 21.5. The van der Waals surface area contributed by atoms with E-state index in [1.165, 1.54) is 19.1 Å². The molecule has 1 aromatic heterocycles. The number of halogens is 3. The summed E-state index contributed by atoms with van der Waals surface area (Å²) in [6.07, 6.45) is -4.31. The Morgan fingerprint density at radius 1 is 0.800 bits per heavy atom. The molecule has 0 amide bonds. The lowest BCUT2D eigenvalue weighted by molar-refractivity contribution is -0.274. The molecule has 0 aliphatic rings. The molecule has 7 nitrogen and oxygen atoms in total. The Balaban J connectivity index is 1.17. The summed E-state index contributed by atoms with van der Waals surface area (Å²) in [5.41, 5.74) is 2.83. The van der Waals surface area contributed by atoms with E-state index in [0.717, 1.165) is 34.5 Å². The lowest BCUT2D eigenvalue weighted by Crippen LogP contribution is -2.43. The SMILES string of the molecule is Cc1oc(-c2cccc(-c3ccccc3)c2)nc1CCOc1ccc(CC(C)(Oc2ccc(OC(F)(F)F)cc2)C(=O)O)cc1. The van der Waals surface area contributed by atoms with E-state index in [1.807, 2.05) is 49.4 Å². The molecular weight excluding hydrogens is 587 g/mol. The lowest BCUT2D eigenvalue weighted by Gasteiger charge is -2.26. The number of nitrogens with zero attached hydrogens (tertiary/aromatic N) is 1. The highest BCUT2D eigenvalue weighted by molar-refractivity contribution is 5.78. The number of carboxylic acid groups (broad SMARTS) is 1. The van der Waals surface area contributed by atoms with Gasteiger partial charge in [0, 0.05) is 18.4 Å². The van der Waals surface area contributed by atoms with E-state index in [-0.39, 0.29) is 12.2 Å². The van der Waals surface area contributed by atoms with E-state index >= 15 is 0 Å². The Morgan fingerprint density at radius 3 is 2.04 bits per heavy atom. The first-order valence-electron chi connectivity index (χ1n) is 14.1. The first kappa shape index (κ1) is 31.2. The van der Waals surface area contributed by atoms with Crippen LogP contribution < -0.4 is 14.2 Å². The third kappa shape index (κ3) is 8.23. The van der Waals surface area contributed by atoms with Gasteiger partial charge in [0.1, 0.15) is 23.0 Å². The van der Waals surface area contributed by atoms with Crippen molar-refractivity contribution in [3.05, 3.63) is 120 Å². The van der Waals surface area contributed by atoms with Crippen LogP contribution in [0.3, 0.4) is 0 Å². The van der Waals surface area contributed by atoms with E-state index < -0.39 is 23.7 Å².